The van der Waals surface area contributed by atoms with E-state index in [0.29, 0.717) is 28.1 Å². The molecule has 0 saturated carbocycles. The number of hydrogen-bond acceptors (Lipinski definition) is 4. The molecule has 1 amide bonds. The second-order valence-corrected chi connectivity index (χ2v) is 7.61. The number of methoxy groups -OCH3 is 1. The first-order chi connectivity index (χ1) is 16.6. The summed E-state index contributed by atoms with van der Waals surface area (Å²) < 4.78 is 4.90. The molecule has 7 nitrogen and oxygen atoms in total. The minimum Gasteiger partial charge on any atom is -0.467 e. The lowest BCUT2D eigenvalue weighted by molar-refractivity contribution is -0.142. The number of ether oxygens (including phenoxy) is 1. The van der Waals surface area contributed by atoms with Gasteiger partial charge in [-0.25, -0.2) is 9.78 Å². The number of H-pyrrole nitrogens is 1. The van der Waals surface area contributed by atoms with Crippen molar-refractivity contribution in [3.8, 4) is 28.8 Å². The molecule has 0 aliphatic carbocycles. The van der Waals surface area contributed by atoms with Crippen molar-refractivity contribution in [1.29, 1.82) is 0 Å². The monoisotopic (exact) mass is 451 g/mol. The quantitative estimate of drug-likeness (QED) is 0.393. The van der Waals surface area contributed by atoms with Gasteiger partial charge in [-0.2, -0.15) is 0 Å². The average Bonchev–Trinajstić information content (AvgIpc) is 3.41. The predicted molar refractivity (Wildman–Crippen MR) is 131 cm³/mol. The minimum atomic E-state index is -0.892. The number of aromatic nitrogens is 2. The molecule has 3 aromatic carbocycles. The molecular formula is C27H23N4O3+. The van der Waals surface area contributed by atoms with Crippen LogP contribution < -0.4 is 5.32 Å². The summed E-state index contributed by atoms with van der Waals surface area (Å²) in [6.45, 7) is 5.82. The lowest BCUT2D eigenvalue weighted by Gasteiger charge is -2.16. The maximum absolute atomic E-state index is 13.4. The van der Waals surface area contributed by atoms with E-state index < -0.39 is 17.9 Å². The molecule has 7 heteroatoms. The molecule has 2 N–H and O–H groups in total. The molecule has 0 unspecified atom stereocenters. The summed E-state index contributed by atoms with van der Waals surface area (Å²) in [5.74, 6) is -0.976. The van der Waals surface area contributed by atoms with Crippen LogP contribution in [0.15, 0.2) is 85.3 Å². The van der Waals surface area contributed by atoms with Crippen molar-refractivity contribution < 1.29 is 14.3 Å². The second kappa shape index (κ2) is 10.3. The van der Waals surface area contributed by atoms with Gasteiger partial charge in [0.1, 0.15) is 6.04 Å². The van der Waals surface area contributed by atoms with Gasteiger partial charge in [-0.1, -0.05) is 60.7 Å². The largest absolute Gasteiger partial charge is 0.467 e. The molecule has 0 fully saturated rings. The molecule has 1 aromatic heterocycles. The summed E-state index contributed by atoms with van der Waals surface area (Å²) in [5.41, 5.74) is 4.76. The van der Waals surface area contributed by atoms with Crippen LogP contribution in [-0.2, 0) is 16.0 Å². The number of esters is 1. The third-order valence-electron chi connectivity index (χ3n) is 5.44. The number of benzene rings is 3. The van der Waals surface area contributed by atoms with Crippen molar-refractivity contribution in [3.05, 3.63) is 101 Å². The Morgan fingerprint density at radius 3 is 2.09 bits per heavy atom. The highest BCUT2D eigenvalue weighted by Gasteiger charge is 2.27. The van der Waals surface area contributed by atoms with E-state index >= 15 is 0 Å². The standard InChI is InChI=1S/C27H22N4O3/c1-28-25-22(18-9-5-3-6-10-18)13-20(14-23(25)19-11-7-4-8-12-19)26(32)31-24(27(33)34-2)15-21-16-29-17-30-21/h1,3-14,16-17,24H,15H2,2H3,(H-,29,30,31,32)/p+1/t24-/m1/s1. The zero-order valence-corrected chi connectivity index (χ0v) is 18.6. The topological polar surface area (TPSA) is 88.4 Å². The van der Waals surface area contributed by atoms with Crippen molar-refractivity contribution in [2.45, 2.75) is 12.5 Å². The average molecular weight is 452 g/mol. The van der Waals surface area contributed by atoms with Gasteiger partial charge in [0.2, 0.25) is 0 Å². The molecule has 34 heavy (non-hydrogen) atoms. The van der Waals surface area contributed by atoms with E-state index in [4.69, 9.17) is 11.3 Å². The molecule has 1 atom stereocenters. The van der Waals surface area contributed by atoms with Gasteiger partial charge in [0.05, 0.1) is 24.6 Å². The highest BCUT2D eigenvalue weighted by molar-refractivity contribution is 6.03. The number of nitrogens with one attached hydrogen (secondary N) is 2. The third kappa shape index (κ3) is 4.87. The summed E-state index contributed by atoms with van der Waals surface area (Å²) in [6, 6.07) is 21.7. The third-order valence-corrected chi connectivity index (χ3v) is 5.44. The lowest BCUT2D eigenvalue weighted by atomic mass is 9.93. The SMILES string of the molecule is C#[N+]c1c(-c2ccccc2)cc(C(=O)N[C@H](Cc2cnc[nH]2)C(=O)OC)cc1-c1ccccc1. The Balaban J connectivity index is 1.78. The van der Waals surface area contributed by atoms with Crippen LogP contribution in [0.1, 0.15) is 16.1 Å². The summed E-state index contributed by atoms with van der Waals surface area (Å²) in [7, 11) is 1.28. The summed E-state index contributed by atoms with van der Waals surface area (Å²) in [5, 5.41) is 2.79. The molecule has 0 aliphatic rings. The first kappa shape index (κ1) is 22.5. The number of amides is 1. The number of carbonyl (C=O) groups excluding carboxylic acids is 2. The van der Waals surface area contributed by atoms with Crippen LogP contribution >= 0.6 is 0 Å². The van der Waals surface area contributed by atoms with Gasteiger partial charge in [0, 0.05) is 23.9 Å². The van der Waals surface area contributed by atoms with Crippen LogP contribution in [0.3, 0.4) is 0 Å². The molecule has 4 aromatic rings. The Hall–Kier alpha value is -4.70. The number of carbonyl (C=O) groups is 2. The van der Waals surface area contributed by atoms with Gasteiger partial charge in [-0.05, 0) is 28.1 Å². The molecule has 4 rings (SSSR count). The predicted octanol–water partition coefficient (Wildman–Crippen LogP) is 4.85. The summed E-state index contributed by atoms with van der Waals surface area (Å²) in [6.07, 6.45) is 3.32. The van der Waals surface area contributed by atoms with Crippen molar-refractivity contribution >= 4 is 17.6 Å². The number of rotatable bonds is 7. The van der Waals surface area contributed by atoms with Crippen LogP contribution in [0.2, 0.25) is 0 Å². The molecular weight excluding hydrogens is 428 g/mol. The molecule has 0 bridgehead atoms. The van der Waals surface area contributed by atoms with Crippen LogP contribution in [0.4, 0.5) is 5.69 Å². The molecule has 168 valence electrons. The first-order valence-electron chi connectivity index (χ1n) is 10.7. The van der Waals surface area contributed by atoms with Crippen molar-refractivity contribution in [1.82, 2.24) is 15.3 Å². The highest BCUT2D eigenvalue weighted by Crippen LogP contribution is 2.40. The fourth-order valence-electron chi connectivity index (χ4n) is 3.77. The Morgan fingerprint density at radius 2 is 1.62 bits per heavy atom. The Morgan fingerprint density at radius 1 is 1.03 bits per heavy atom. The van der Waals surface area contributed by atoms with Crippen molar-refractivity contribution in [2.24, 2.45) is 0 Å². The van der Waals surface area contributed by atoms with Crippen molar-refractivity contribution in [2.75, 3.05) is 7.11 Å². The van der Waals surface area contributed by atoms with Crippen LogP contribution in [-0.4, -0.2) is 35.0 Å². The molecule has 0 saturated heterocycles. The Kier molecular flexibility index (Phi) is 6.80. The fourth-order valence-corrected chi connectivity index (χ4v) is 3.77. The summed E-state index contributed by atoms with van der Waals surface area (Å²) in [4.78, 5) is 36.7. The first-order valence-corrected chi connectivity index (χ1v) is 10.7. The number of hydrogen-bond donors (Lipinski definition) is 2. The van der Waals surface area contributed by atoms with Gasteiger partial charge in [0.15, 0.2) is 0 Å². The lowest BCUT2D eigenvalue weighted by Crippen LogP contribution is -2.43. The van der Waals surface area contributed by atoms with Gasteiger partial charge >= 0.3 is 11.7 Å². The van der Waals surface area contributed by atoms with E-state index in [-0.39, 0.29) is 6.42 Å². The maximum Gasteiger partial charge on any atom is 0.355 e. The van der Waals surface area contributed by atoms with Gasteiger partial charge < -0.3 is 15.0 Å². The molecule has 0 spiro atoms. The van der Waals surface area contributed by atoms with Gasteiger partial charge in [-0.3, -0.25) is 4.79 Å². The highest BCUT2D eigenvalue weighted by atomic mass is 16.5. The number of imidazole rings is 1. The van der Waals surface area contributed by atoms with E-state index in [1.165, 1.54) is 13.4 Å². The fraction of sp³-hybridized carbons (Fsp3) is 0.111. The Labute approximate surface area is 197 Å². The maximum atomic E-state index is 13.4. The second-order valence-electron chi connectivity index (χ2n) is 7.61. The van der Waals surface area contributed by atoms with E-state index in [0.717, 1.165) is 11.1 Å². The zero-order valence-electron chi connectivity index (χ0n) is 18.6. The van der Waals surface area contributed by atoms with Crippen LogP contribution in [0.25, 0.3) is 27.1 Å². The van der Waals surface area contributed by atoms with Gasteiger partial charge in [-0.15, -0.1) is 0 Å². The van der Waals surface area contributed by atoms with E-state index in [9.17, 15) is 9.59 Å². The normalized spacial score (nSPS) is 11.3. The van der Waals surface area contributed by atoms with Crippen LogP contribution in [0.5, 0.6) is 0 Å². The van der Waals surface area contributed by atoms with Crippen LogP contribution in [0, 0.1) is 6.57 Å². The van der Waals surface area contributed by atoms with Crippen molar-refractivity contribution in [3.63, 3.8) is 0 Å². The molecule has 0 radical (unpaired) electrons. The number of nitrogens with zero attached hydrogens (tertiary/aromatic N) is 2. The summed E-state index contributed by atoms with van der Waals surface area (Å²) >= 11 is 0. The van der Waals surface area contributed by atoms with E-state index in [2.05, 4.69) is 20.1 Å². The molecule has 1 heterocycles. The van der Waals surface area contributed by atoms with Gasteiger partial charge in [0.25, 0.3) is 12.5 Å². The molecule has 0 aliphatic heterocycles. The number of aromatic amines is 1. The van der Waals surface area contributed by atoms with E-state index in [1.807, 2.05) is 60.7 Å². The zero-order chi connectivity index (χ0) is 23.9. The van der Waals surface area contributed by atoms with E-state index in [1.54, 1.807) is 18.3 Å². The Bertz CT molecular complexity index is 1270. The smallest absolute Gasteiger partial charge is 0.355 e. The minimum absolute atomic E-state index is 0.214.